The number of nitrogens with zero attached hydrogens (tertiary/aromatic N) is 2. The monoisotopic (exact) mass is 394 g/mol. The van der Waals surface area contributed by atoms with E-state index in [4.69, 9.17) is 4.74 Å². The Bertz CT molecular complexity index is 893. The van der Waals surface area contributed by atoms with Crippen LogP contribution in [-0.2, 0) is 4.79 Å². The van der Waals surface area contributed by atoms with Gasteiger partial charge in [-0.2, -0.15) is 0 Å². The number of likely N-dealkylation sites (N-methyl/N-ethyl adjacent to an activating group) is 1. The van der Waals surface area contributed by atoms with Crippen LogP contribution in [0.25, 0.3) is 0 Å². The average Bonchev–Trinajstić information content (AvgIpc) is 2.74. The standard InChI is InChI=1S/C24H30N2O3/c1-17-9-10-19(15-18(17)2)22(27)11-12-24(28)26-14-13-25(3)21(16-26)20-7-5-6-8-23(20)29-4/h5-10,15,21H,11-14,16H2,1-4H3. The van der Waals surface area contributed by atoms with E-state index in [0.29, 0.717) is 18.7 Å². The van der Waals surface area contributed by atoms with Crippen molar-refractivity contribution in [1.82, 2.24) is 9.80 Å². The topological polar surface area (TPSA) is 49.9 Å². The van der Waals surface area contributed by atoms with Crippen LogP contribution in [0.4, 0.5) is 0 Å². The lowest BCUT2D eigenvalue weighted by Crippen LogP contribution is -2.49. The van der Waals surface area contributed by atoms with Gasteiger partial charge in [-0.05, 0) is 44.2 Å². The highest BCUT2D eigenvalue weighted by Gasteiger charge is 2.30. The molecule has 154 valence electrons. The zero-order valence-corrected chi connectivity index (χ0v) is 17.8. The molecule has 0 radical (unpaired) electrons. The summed E-state index contributed by atoms with van der Waals surface area (Å²) >= 11 is 0. The van der Waals surface area contributed by atoms with Crippen molar-refractivity contribution in [2.24, 2.45) is 0 Å². The van der Waals surface area contributed by atoms with Gasteiger partial charge in [-0.15, -0.1) is 0 Å². The fourth-order valence-corrected chi connectivity index (χ4v) is 3.82. The molecular weight excluding hydrogens is 364 g/mol. The second kappa shape index (κ2) is 9.23. The lowest BCUT2D eigenvalue weighted by atomic mass is 10.00. The van der Waals surface area contributed by atoms with Crippen molar-refractivity contribution in [3.63, 3.8) is 0 Å². The fourth-order valence-electron chi connectivity index (χ4n) is 3.82. The minimum Gasteiger partial charge on any atom is -0.496 e. The highest BCUT2D eigenvalue weighted by Crippen LogP contribution is 2.31. The molecule has 0 bridgehead atoms. The smallest absolute Gasteiger partial charge is 0.223 e. The molecule has 0 spiro atoms. The van der Waals surface area contributed by atoms with Crippen LogP contribution in [0.1, 0.15) is 45.9 Å². The maximum atomic E-state index is 12.8. The molecule has 1 heterocycles. The Morgan fingerprint density at radius 2 is 1.79 bits per heavy atom. The minimum absolute atomic E-state index is 0.0249. The second-order valence-corrected chi connectivity index (χ2v) is 7.80. The van der Waals surface area contributed by atoms with Crippen LogP contribution in [0.5, 0.6) is 5.75 Å². The molecule has 0 saturated carbocycles. The molecule has 5 nitrogen and oxygen atoms in total. The zero-order chi connectivity index (χ0) is 21.0. The van der Waals surface area contributed by atoms with E-state index < -0.39 is 0 Å². The van der Waals surface area contributed by atoms with E-state index in [2.05, 4.69) is 18.0 Å². The molecule has 1 atom stereocenters. The molecule has 2 aromatic carbocycles. The first kappa shape index (κ1) is 21.1. The molecule has 1 aliphatic heterocycles. The molecule has 29 heavy (non-hydrogen) atoms. The minimum atomic E-state index is 0.0249. The number of Topliss-reactive ketones (excluding diaryl/α,β-unsaturated/α-hetero) is 1. The third-order valence-corrected chi connectivity index (χ3v) is 5.89. The Labute approximate surface area is 173 Å². The number of ether oxygens (including phenoxy) is 1. The Kier molecular flexibility index (Phi) is 6.70. The van der Waals surface area contributed by atoms with Crippen molar-refractivity contribution in [2.45, 2.75) is 32.7 Å². The van der Waals surface area contributed by atoms with E-state index in [-0.39, 0.29) is 30.6 Å². The summed E-state index contributed by atoms with van der Waals surface area (Å²) in [4.78, 5) is 29.5. The molecule has 0 N–H and O–H groups in total. The second-order valence-electron chi connectivity index (χ2n) is 7.80. The summed E-state index contributed by atoms with van der Waals surface area (Å²) in [5.41, 5.74) is 4.03. The van der Waals surface area contributed by atoms with Crippen LogP contribution >= 0.6 is 0 Å². The Hall–Kier alpha value is -2.66. The molecule has 1 unspecified atom stereocenters. The van der Waals surface area contributed by atoms with Gasteiger partial charge in [-0.25, -0.2) is 0 Å². The predicted molar refractivity (Wildman–Crippen MR) is 114 cm³/mol. The molecule has 0 aliphatic carbocycles. The van der Waals surface area contributed by atoms with Gasteiger partial charge < -0.3 is 9.64 Å². The van der Waals surface area contributed by atoms with Crippen molar-refractivity contribution >= 4 is 11.7 Å². The van der Waals surface area contributed by atoms with E-state index in [1.807, 2.05) is 55.1 Å². The summed E-state index contributed by atoms with van der Waals surface area (Å²) in [6.45, 7) is 6.10. The summed E-state index contributed by atoms with van der Waals surface area (Å²) in [7, 11) is 3.74. The Morgan fingerprint density at radius 1 is 1.03 bits per heavy atom. The van der Waals surface area contributed by atoms with E-state index >= 15 is 0 Å². The van der Waals surface area contributed by atoms with Gasteiger partial charge in [-0.1, -0.05) is 30.3 Å². The molecular formula is C24H30N2O3. The lowest BCUT2D eigenvalue weighted by molar-refractivity contribution is -0.134. The first-order chi connectivity index (χ1) is 13.9. The van der Waals surface area contributed by atoms with Crippen molar-refractivity contribution < 1.29 is 14.3 Å². The molecule has 1 fully saturated rings. The number of rotatable bonds is 6. The van der Waals surface area contributed by atoms with Crippen molar-refractivity contribution in [3.05, 3.63) is 64.7 Å². The zero-order valence-electron chi connectivity index (χ0n) is 17.8. The van der Waals surface area contributed by atoms with Gasteiger partial charge >= 0.3 is 0 Å². The van der Waals surface area contributed by atoms with Gasteiger partial charge in [0.05, 0.1) is 13.2 Å². The highest BCUT2D eigenvalue weighted by molar-refractivity contribution is 5.98. The molecule has 3 rings (SSSR count). The summed E-state index contributed by atoms with van der Waals surface area (Å²) < 4.78 is 5.51. The number of para-hydroxylation sites is 1. The number of carbonyl (C=O) groups excluding carboxylic acids is 2. The van der Waals surface area contributed by atoms with Crippen LogP contribution in [0.2, 0.25) is 0 Å². The van der Waals surface area contributed by atoms with E-state index in [9.17, 15) is 9.59 Å². The molecule has 2 aromatic rings. The van der Waals surface area contributed by atoms with Crippen LogP contribution < -0.4 is 4.74 Å². The van der Waals surface area contributed by atoms with Crippen LogP contribution in [0.15, 0.2) is 42.5 Å². The van der Waals surface area contributed by atoms with Gasteiger partial charge in [-0.3, -0.25) is 14.5 Å². The number of hydrogen-bond acceptors (Lipinski definition) is 4. The molecule has 1 amide bonds. The number of piperazine rings is 1. The summed E-state index contributed by atoms with van der Waals surface area (Å²) in [6, 6.07) is 13.8. The Balaban J connectivity index is 1.63. The van der Waals surface area contributed by atoms with E-state index in [1.165, 1.54) is 0 Å². The molecule has 1 aliphatic rings. The van der Waals surface area contributed by atoms with Gasteiger partial charge in [0.25, 0.3) is 0 Å². The summed E-state index contributed by atoms with van der Waals surface area (Å²) in [5, 5.41) is 0. The SMILES string of the molecule is COc1ccccc1C1CN(C(=O)CCC(=O)c2ccc(C)c(C)c2)CCN1C. The van der Waals surface area contributed by atoms with Crippen LogP contribution in [-0.4, -0.2) is 55.3 Å². The van der Waals surface area contributed by atoms with E-state index in [1.54, 1.807) is 7.11 Å². The number of aryl methyl sites for hydroxylation is 2. The summed E-state index contributed by atoms with van der Waals surface area (Å²) in [6.07, 6.45) is 0.487. The number of ketones is 1. The number of carbonyl (C=O) groups is 2. The first-order valence-electron chi connectivity index (χ1n) is 10.1. The largest absolute Gasteiger partial charge is 0.496 e. The molecule has 1 saturated heterocycles. The number of amides is 1. The molecule has 5 heteroatoms. The normalized spacial score (nSPS) is 17.2. The third-order valence-electron chi connectivity index (χ3n) is 5.89. The van der Waals surface area contributed by atoms with Gasteiger partial charge in [0.15, 0.2) is 5.78 Å². The third kappa shape index (κ3) is 4.85. The number of hydrogen-bond donors (Lipinski definition) is 0. The number of methoxy groups -OCH3 is 1. The lowest BCUT2D eigenvalue weighted by Gasteiger charge is -2.40. The van der Waals surface area contributed by atoms with Gasteiger partial charge in [0, 0.05) is 43.6 Å². The number of benzene rings is 2. The van der Waals surface area contributed by atoms with Crippen molar-refractivity contribution in [1.29, 1.82) is 0 Å². The maximum Gasteiger partial charge on any atom is 0.223 e. The predicted octanol–water partition coefficient (Wildman–Crippen LogP) is 3.79. The van der Waals surface area contributed by atoms with E-state index in [0.717, 1.165) is 29.0 Å². The van der Waals surface area contributed by atoms with Crippen LogP contribution in [0.3, 0.4) is 0 Å². The first-order valence-corrected chi connectivity index (χ1v) is 10.1. The Morgan fingerprint density at radius 3 is 2.52 bits per heavy atom. The fraction of sp³-hybridized carbons (Fsp3) is 0.417. The quantitative estimate of drug-likeness (QED) is 0.700. The average molecular weight is 395 g/mol. The van der Waals surface area contributed by atoms with Crippen molar-refractivity contribution in [2.75, 3.05) is 33.8 Å². The van der Waals surface area contributed by atoms with Crippen LogP contribution in [0, 0.1) is 13.8 Å². The summed E-state index contributed by atoms with van der Waals surface area (Å²) in [5.74, 6) is 0.899. The van der Waals surface area contributed by atoms with Gasteiger partial charge in [0.2, 0.25) is 5.91 Å². The van der Waals surface area contributed by atoms with Crippen molar-refractivity contribution in [3.8, 4) is 5.75 Å². The highest BCUT2D eigenvalue weighted by atomic mass is 16.5. The molecule has 0 aromatic heterocycles. The maximum absolute atomic E-state index is 12.8. The van der Waals surface area contributed by atoms with Gasteiger partial charge in [0.1, 0.15) is 5.75 Å².